The minimum atomic E-state index is -0.435. The molecule has 0 N–H and O–H groups in total. The molecule has 59 heavy (non-hydrogen) atoms. The summed E-state index contributed by atoms with van der Waals surface area (Å²) in [7, 11) is 0. The van der Waals surface area contributed by atoms with Gasteiger partial charge in [-0.1, -0.05) is 195 Å². The normalized spacial score (nSPS) is 22.9. The molecule has 2 fully saturated rings. The number of benzene rings is 4. The monoisotopic (exact) mass is 787 g/mol. The smallest absolute Gasteiger partial charge is 0.0693 e. The Morgan fingerprint density at radius 3 is 1.47 bits per heavy atom. The number of hydrogen-bond acceptors (Lipinski definition) is 2. The summed E-state index contributed by atoms with van der Waals surface area (Å²) in [6.07, 6.45) is 24.1. The highest BCUT2D eigenvalue weighted by Gasteiger charge is 2.49. The second kappa shape index (κ2) is 21.9. The first kappa shape index (κ1) is 44.4. The fourth-order valence-corrected chi connectivity index (χ4v) is 11.2. The summed E-state index contributed by atoms with van der Waals surface area (Å²) in [6.45, 7) is 9.24. The molecule has 4 aromatic rings. The summed E-state index contributed by atoms with van der Waals surface area (Å²) < 4.78 is 0. The lowest BCUT2D eigenvalue weighted by Crippen LogP contribution is -2.41. The average molecular weight is 787 g/mol. The van der Waals surface area contributed by atoms with Crippen LogP contribution in [0.25, 0.3) is 22.3 Å². The van der Waals surface area contributed by atoms with Crippen LogP contribution in [0.2, 0.25) is 0 Å². The van der Waals surface area contributed by atoms with Crippen molar-refractivity contribution in [2.24, 2.45) is 28.6 Å². The van der Waals surface area contributed by atoms with E-state index in [-0.39, 0.29) is 17.3 Å². The summed E-state index contributed by atoms with van der Waals surface area (Å²) in [5, 5.41) is 22.4. The molecule has 0 heterocycles. The predicted molar refractivity (Wildman–Crippen MR) is 250 cm³/mol. The van der Waals surface area contributed by atoms with E-state index in [1.807, 2.05) is 0 Å². The van der Waals surface area contributed by atoms with Crippen molar-refractivity contribution in [2.75, 3.05) is 0 Å². The summed E-state index contributed by atoms with van der Waals surface area (Å²) >= 11 is 0. The third-order valence-electron chi connectivity index (χ3n) is 14.6. The Morgan fingerprint density at radius 1 is 0.542 bits per heavy atom. The van der Waals surface area contributed by atoms with Gasteiger partial charge in [0.25, 0.3) is 0 Å². The molecule has 0 amide bonds. The van der Waals surface area contributed by atoms with Crippen LogP contribution in [0.15, 0.2) is 97.1 Å². The van der Waals surface area contributed by atoms with Crippen LogP contribution in [-0.4, -0.2) is 0 Å². The molecule has 6 atom stereocenters. The molecule has 6 rings (SSSR count). The Morgan fingerprint density at radius 2 is 1.00 bits per heavy atom. The highest BCUT2D eigenvalue weighted by molar-refractivity contribution is 5.65. The molecular formula is C57H74N2. The lowest BCUT2D eigenvalue weighted by Gasteiger charge is -2.47. The Labute approximate surface area is 359 Å². The molecule has 0 spiro atoms. The molecule has 2 aliphatic rings. The van der Waals surface area contributed by atoms with Gasteiger partial charge in [0.15, 0.2) is 0 Å². The third-order valence-corrected chi connectivity index (χ3v) is 14.6. The molecule has 312 valence electrons. The highest BCUT2D eigenvalue weighted by Crippen LogP contribution is 2.55. The van der Waals surface area contributed by atoms with Crippen LogP contribution in [-0.2, 0) is 19.3 Å². The SMILES string of the molecule is CCCCCCCc1ccc(-c2ccc(C(CC3(C#N)CCCC(C)C3)C(Cc3ccc(-c4ccc(CCCCCC)cc4)cc3)C3(C#N)CCCC(C)C3)cc2)cc1. The van der Waals surface area contributed by atoms with E-state index in [0.717, 1.165) is 64.2 Å². The maximum absolute atomic E-state index is 11.4. The van der Waals surface area contributed by atoms with Crippen LogP contribution in [0, 0.1) is 51.2 Å². The standard InChI is InChI=1S/C57H74N2/c1-5-7-9-11-13-19-47-22-28-50(29-23-47)52-32-34-53(35-33-52)54(41-56(42-58)36-14-16-44(3)39-56)55(57(43-59)37-15-17-45(4)40-57)38-48-24-30-51(31-25-48)49-26-20-46(21-27-49)18-12-10-8-6-2/h20-35,44-45,54-55H,5-19,36-41H2,1-4H3. The van der Waals surface area contributed by atoms with Gasteiger partial charge < -0.3 is 0 Å². The predicted octanol–water partition coefficient (Wildman–Crippen LogP) is 16.4. The van der Waals surface area contributed by atoms with Gasteiger partial charge in [-0.15, -0.1) is 0 Å². The largest absolute Gasteiger partial charge is 0.198 e. The Kier molecular flexibility index (Phi) is 16.5. The second-order valence-corrected chi connectivity index (χ2v) is 19.4. The highest BCUT2D eigenvalue weighted by atomic mass is 14.5. The van der Waals surface area contributed by atoms with Crippen molar-refractivity contribution in [3.8, 4) is 34.4 Å². The summed E-state index contributed by atoms with van der Waals surface area (Å²) in [4.78, 5) is 0. The molecule has 2 saturated carbocycles. The van der Waals surface area contributed by atoms with Gasteiger partial charge in [-0.05, 0) is 132 Å². The van der Waals surface area contributed by atoms with E-state index < -0.39 is 5.41 Å². The summed E-state index contributed by atoms with van der Waals surface area (Å²) in [5.74, 6) is 1.29. The summed E-state index contributed by atoms with van der Waals surface area (Å²) in [6, 6.07) is 43.0. The van der Waals surface area contributed by atoms with Crippen molar-refractivity contribution in [3.63, 3.8) is 0 Å². The van der Waals surface area contributed by atoms with E-state index in [2.05, 4.69) is 137 Å². The van der Waals surface area contributed by atoms with Crippen LogP contribution in [0.3, 0.4) is 0 Å². The number of hydrogen-bond donors (Lipinski definition) is 0. The molecule has 0 aromatic heterocycles. The van der Waals surface area contributed by atoms with Gasteiger partial charge in [0.05, 0.1) is 23.0 Å². The van der Waals surface area contributed by atoms with Crippen LogP contribution in [0.5, 0.6) is 0 Å². The van der Waals surface area contributed by atoms with E-state index >= 15 is 0 Å². The molecule has 2 heteroatoms. The zero-order valence-corrected chi connectivity index (χ0v) is 37.3. The van der Waals surface area contributed by atoms with Gasteiger partial charge in [-0.3, -0.25) is 0 Å². The van der Waals surface area contributed by atoms with Crippen LogP contribution >= 0.6 is 0 Å². The van der Waals surface area contributed by atoms with Crippen molar-refractivity contribution in [3.05, 3.63) is 119 Å². The van der Waals surface area contributed by atoms with Gasteiger partial charge in [-0.25, -0.2) is 0 Å². The average Bonchev–Trinajstić information content (AvgIpc) is 3.27. The van der Waals surface area contributed by atoms with Gasteiger partial charge in [0.2, 0.25) is 0 Å². The first-order valence-corrected chi connectivity index (χ1v) is 24.0. The minimum Gasteiger partial charge on any atom is -0.198 e. The van der Waals surface area contributed by atoms with E-state index in [0.29, 0.717) is 11.8 Å². The number of unbranched alkanes of at least 4 members (excludes halogenated alkanes) is 7. The first-order chi connectivity index (χ1) is 28.8. The van der Waals surface area contributed by atoms with Crippen molar-refractivity contribution >= 4 is 0 Å². The first-order valence-electron chi connectivity index (χ1n) is 24.0. The second-order valence-electron chi connectivity index (χ2n) is 19.4. The van der Waals surface area contributed by atoms with Crippen molar-refractivity contribution in [1.82, 2.24) is 0 Å². The van der Waals surface area contributed by atoms with Gasteiger partial charge >= 0.3 is 0 Å². The minimum absolute atomic E-state index is 0.109. The van der Waals surface area contributed by atoms with Crippen molar-refractivity contribution in [2.45, 2.75) is 168 Å². The third kappa shape index (κ3) is 12.0. The molecule has 2 nitrogen and oxygen atoms in total. The number of nitrogens with zero attached hydrogens (tertiary/aromatic N) is 2. The summed E-state index contributed by atoms with van der Waals surface area (Å²) in [5.41, 5.74) is 9.65. The van der Waals surface area contributed by atoms with E-state index in [4.69, 9.17) is 0 Å². The zero-order chi connectivity index (χ0) is 41.5. The van der Waals surface area contributed by atoms with Crippen LogP contribution < -0.4 is 0 Å². The maximum Gasteiger partial charge on any atom is 0.0693 e. The quantitative estimate of drug-likeness (QED) is 0.0838. The molecule has 0 radical (unpaired) electrons. The molecule has 0 aliphatic heterocycles. The van der Waals surface area contributed by atoms with E-state index in [1.165, 1.54) is 115 Å². The van der Waals surface area contributed by atoms with E-state index in [1.54, 1.807) is 0 Å². The van der Waals surface area contributed by atoms with Gasteiger partial charge in [0, 0.05) is 0 Å². The molecule has 0 bridgehead atoms. The topological polar surface area (TPSA) is 47.6 Å². The lowest BCUT2D eigenvalue weighted by atomic mass is 9.55. The molecule has 6 unspecified atom stereocenters. The Hall–Kier alpha value is -4.14. The molecule has 0 saturated heterocycles. The Bertz CT molecular complexity index is 1930. The van der Waals surface area contributed by atoms with E-state index in [9.17, 15) is 10.5 Å². The van der Waals surface area contributed by atoms with Crippen LogP contribution in [0.1, 0.15) is 171 Å². The van der Waals surface area contributed by atoms with Gasteiger partial charge in [-0.2, -0.15) is 10.5 Å². The maximum atomic E-state index is 11.4. The molecular weight excluding hydrogens is 713 g/mol. The number of nitriles is 2. The van der Waals surface area contributed by atoms with Crippen LogP contribution in [0.4, 0.5) is 0 Å². The van der Waals surface area contributed by atoms with Crippen molar-refractivity contribution in [1.29, 1.82) is 10.5 Å². The van der Waals surface area contributed by atoms with Crippen molar-refractivity contribution < 1.29 is 0 Å². The van der Waals surface area contributed by atoms with Gasteiger partial charge in [0.1, 0.15) is 0 Å². The lowest BCUT2D eigenvalue weighted by molar-refractivity contribution is 0.0829. The number of rotatable bonds is 20. The Balaban J connectivity index is 1.30. The molecule has 4 aromatic carbocycles. The fraction of sp³-hybridized carbons (Fsp3) is 0.544. The zero-order valence-electron chi connectivity index (χ0n) is 37.3. The fourth-order valence-electron chi connectivity index (χ4n) is 11.2. The number of aryl methyl sites for hydroxylation is 2. The molecule has 2 aliphatic carbocycles.